The summed E-state index contributed by atoms with van der Waals surface area (Å²) in [5, 5.41) is 13.2. The summed E-state index contributed by atoms with van der Waals surface area (Å²) in [5.74, 6) is 0.379. The van der Waals surface area contributed by atoms with Gasteiger partial charge in [0.05, 0.1) is 0 Å². The smallest absolute Gasteiger partial charge is 0.120 e. The van der Waals surface area contributed by atoms with Crippen molar-refractivity contribution in [3.8, 4) is 5.75 Å². The Bertz CT molecular complexity index is 322. The van der Waals surface area contributed by atoms with Crippen molar-refractivity contribution in [1.82, 2.24) is 5.32 Å². The van der Waals surface area contributed by atoms with Crippen LogP contribution in [0.5, 0.6) is 5.75 Å². The van der Waals surface area contributed by atoms with Crippen molar-refractivity contribution in [2.75, 3.05) is 0 Å². The quantitative estimate of drug-likeness (QED) is 0.795. The van der Waals surface area contributed by atoms with Gasteiger partial charge in [0.1, 0.15) is 5.75 Å². The van der Waals surface area contributed by atoms with Crippen LogP contribution in [0, 0.1) is 6.92 Å². The van der Waals surface area contributed by atoms with E-state index in [1.807, 2.05) is 19.1 Å². The van der Waals surface area contributed by atoms with E-state index in [0.29, 0.717) is 11.8 Å². The maximum absolute atomic E-state index is 9.75. The maximum atomic E-state index is 9.75. The highest BCUT2D eigenvalue weighted by atomic mass is 16.3. The average Bonchev–Trinajstić information content (AvgIpc) is 2.21. The van der Waals surface area contributed by atoms with Crippen LogP contribution in [0.4, 0.5) is 0 Å². The molecule has 0 aliphatic heterocycles. The van der Waals surface area contributed by atoms with Crippen LogP contribution in [-0.2, 0) is 0 Å². The van der Waals surface area contributed by atoms with Gasteiger partial charge in [-0.15, -0.1) is 0 Å². The van der Waals surface area contributed by atoms with Crippen LogP contribution in [-0.4, -0.2) is 11.1 Å². The third kappa shape index (κ3) is 3.24. The Kier molecular flexibility index (Phi) is 4.15. The standard InChI is InChI=1S/C13H21NO/c1-5-10(3)14-11(4)12-8-9(2)6-7-13(12)15/h6-8,10-11,14-15H,5H2,1-4H3. The molecule has 2 heteroatoms. The Morgan fingerprint density at radius 1 is 1.33 bits per heavy atom. The summed E-state index contributed by atoms with van der Waals surface area (Å²) in [4.78, 5) is 0. The van der Waals surface area contributed by atoms with E-state index in [1.54, 1.807) is 6.07 Å². The van der Waals surface area contributed by atoms with Gasteiger partial charge in [0.15, 0.2) is 0 Å². The van der Waals surface area contributed by atoms with Gasteiger partial charge >= 0.3 is 0 Å². The summed E-state index contributed by atoms with van der Waals surface area (Å²) in [7, 11) is 0. The Morgan fingerprint density at radius 3 is 2.60 bits per heavy atom. The van der Waals surface area contributed by atoms with Crippen LogP contribution in [0.15, 0.2) is 18.2 Å². The Hall–Kier alpha value is -1.02. The van der Waals surface area contributed by atoms with E-state index in [1.165, 1.54) is 5.56 Å². The minimum Gasteiger partial charge on any atom is -0.508 e. The number of aromatic hydroxyl groups is 1. The third-order valence-electron chi connectivity index (χ3n) is 2.80. The van der Waals surface area contributed by atoms with Crippen molar-refractivity contribution in [3.63, 3.8) is 0 Å². The van der Waals surface area contributed by atoms with Crippen molar-refractivity contribution in [2.24, 2.45) is 0 Å². The number of hydrogen-bond donors (Lipinski definition) is 2. The second-order valence-electron chi connectivity index (χ2n) is 4.26. The van der Waals surface area contributed by atoms with Crippen LogP contribution in [0.25, 0.3) is 0 Å². The van der Waals surface area contributed by atoms with Crippen molar-refractivity contribution in [1.29, 1.82) is 0 Å². The predicted octanol–water partition coefficient (Wildman–Crippen LogP) is 3.15. The molecule has 2 atom stereocenters. The number of rotatable bonds is 4. The molecule has 1 rings (SSSR count). The van der Waals surface area contributed by atoms with Gasteiger partial charge in [-0.1, -0.05) is 24.6 Å². The molecule has 0 aliphatic rings. The second-order valence-corrected chi connectivity index (χ2v) is 4.26. The van der Waals surface area contributed by atoms with E-state index in [-0.39, 0.29) is 6.04 Å². The fourth-order valence-corrected chi connectivity index (χ4v) is 1.66. The lowest BCUT2D eigenvalue weighted by molar-refractivity contribution is 0.430. The third-order valence-corrected chi connectivity index (χ3v) is 2.80. The van der Waals surface area contributed by atoms with E-state index in [9.17, 15) is 5.11 Å². The topological polar surface area (TPSA) is 32.3 Å². The highest BCUT2D eigenvalue weighted by Gasteiger charge is 2.11. The summed E-state index contributed by atoms with van der Waals surface area (Å²) >= 11 is 0. The monoisotopic (exact) mass is 207 g/mol. The minimum atomic E-state index is 0.194. The van der Waals surface area contributed by atoms with Crippen molar-refractivity contribution >= 4 is 0 Å². The van der Waals surface area contributed by atoms with Crippen molar-refractivity contribution in [3.05, 3.63) is 29.3 Å². The van der Waals surface area contributed by atoms with Crippen LogP contribution in [0.1, 0.15) is 44.4 Å². The zero-order valence-corrected chi connectivity index (χ0v) is 10.0. The molecular formula is C13H21NO. The summed E-state index contributed by atoms with van der Waals surface area (Å²) in [5.41, 5.74) is 2.16. The molecule has 15 heavy (non-hydrogen) atoms. The van der Waals surface area contributed by atoms with Gasteiger partial charge in [-0.05, 0) is 33.3 Å². The van der Waals surface area contributed by atoms with Crippen LogP contribution in [0.3, 0.4) is 0 Å². The summed E-state index contributed by atoms with van der Waals surface area (Å²) in [6, 6.07) is 6.39. The van der Waals surface area contributed by atoms with Gasteiger partial charge in [0.2, 0.25) is 0 Å². The van der Waals surface area contributed by atoms with Gasteiger partial charge in [-0.2, -0.15) is 0 Å². The first-order valence-corrected chi connectivity index (χ1v) is 5.60. The molecule has 0 saturated heterocycles. The van der Waals surface area contributed by atoms with E-state index in [2.05, 4.69) is 26.1 Å². The van der Waals surface area contributed by atoms with Crippen molar-refractivity contribution < 1.29 is 5.11 Å². The minimum absolute atomic E-state index is 0.194. The zero-order valence-electron chi connectivity index (χ0n) is 10.0. The first-order valence-electron chi connectivity index (χ1n) is 5.60. The molecule has 1 aromatic carbocycles. The van der Waals surface area contributed by atoms with E-state index < -0.39 is 0 Å². The second kappa shape index (κ2) is 5.17. The Labute approximate surface area is 92.3 Å². The number of phenolic OH excluding ortho intramolecular Hbond substituents is 1. The van der Waals surface area contributed by atoms with E-state index in [0.717, 1.165) is 12.0 Å². The van der Waals surface area contributed by atoms with Gasteiger partial charge in [-0.3, -0.25) is 0 Å². The van der Waals surface area contributed by atoms with Gasteiger partial charge in [-0.25, -0.2) is 0 Å². The molecule has 0 bridgehead atoms. The number of aryl methyl sites for hydroxylation is 1. The lowest BCUT2D eigenvalue weighted by Gasteiger charge is -2.20. The predicted molar refractivity (Wildman–Crippen MR) is 64.1 cm³/mol. The fraction of sp³-hybridized carbons (Fsp3) is 0.538. The van der Waals surface area contributed by atoms with Gasteiger partial charge in [0, 0.05) is 17.6 Å². The van der Waals surface area contributed by atoms with Crippen LogP contribution >= 0.6 is 0 Å². The highest BCUT2D eigenvalue weighted by Crippen LogP contribution is 2.25. The summed E-state index contributed by atoms with van der Waals surface area (Å²) in [6.45, 7) is 8.43. The summed E-state index contributed by atoms with van der Waals surface area (Å²) in [6.07, 6.45) is 1.09. The number of nitrogens with one attached hydrogen (secondary N) is 1. The largest absolute Gasteiger partial charge is 0.508 e. The highest BCUT2D eigenvalue weighted by molar-refractivity contribution is 5.37. The molecule has 0 saturated carbocycles. The molecule has 2 N–H and O–H groups in total. The number of benzene rings is 1. The molecule has 0 heterocycles. The molecule has 2 unspecified atom stereocenters. The average molecular weight is 207 g/mol. The molecule has 0 radical (unpaired) electrons. The normalized spacial score (nSPS) is 14.9. The van der Waals surface area contributed by atoms with Gasteiger partial charge < -0.3 is 10.4 Å². The summed E-state index contributed by atoms with van der Waals surface area (Å²) < 4.78 is 0. The zero-order chi connectivity index (χ0) is 11.4. The molecule has 0 spiro atoms. The molecule has 0 aromatic heterocycles. The van der Waals surface area contributed by atoms with Crippen LogP contribution in [0.2, 0.25) is 0 Å². The number of phenols is 1. The maximum Gasteiger partial charge on any atom is 0.120 e. The molecule has 1 aromatic rings. The Morgan fingerprint density at radius 2 is 2.00 bits per heavy atom. The SMILES string of the molecule is CCC(C)NC(C)c1cc(C)ccc1O. The molecular weight excluding hydrogens is 186 g/mol. The van der Waals surface area contributed by atoms with Gasteiger partial charge in [0.25, 0.3) is 0 Å². The molecule has 2 nitrogen and oxygen atoms in total. The molecule has 84 valence electrons. The lowest BCUT2D eigenvalue weighted by Crippen LogP contribution is -2.28. The lowest BCUT2D eigenvalue weighted by atomic mass is 10.0. The molecule has 0 amide bonds. The van der Waals surface area contributed by atoms with Crippen LogP contribution < -0.4 is 5.32 Å². The van der Waals surface area contributed by atoms with Crippen molar-refractivity contribution in [2.45, 2.75) is 46.2 Å². The fourth-order valence-electron chi connectivity index (χ4n) is 1.66. The first kappa shape index (κ1) is 12.1. The van der Waals surface area contributed by atoms with E-state index in [4.69, 9.17) is 0 Å². The first-order chi connectivity index (χ1) is 7.04. The Balaban J connectivity index is 2.80. The number of hydrogen-bond acceptors (Lipinski definition) is 2. The van der Waals surface area contributed by atoms with E-state index >= 15 is 0 Å². The molecule has 0 fully saturated rings. The molecule has 0 aliphatic carbocycles.